The molecule has 0 bridgehead atoms. The fourth-order valence-corrected chi connectivity index (χ4v) is 5.83. The fourth-order valence-electron chi connectivity index (χ4n) is 4.37. The first-order valence-corrected chi connectivity index (χ1v) is 13.6. The predicted molar refractivity (Wildman–Crippen MR) is 136 cm³/mol. The Labute approximate surface area is 210 Å². The van der Waals surface area contributed by atoms with Crippen molar-refractivity contribution >= 4 is 33.4 Å². The van der Waals surface area contributed by atoms with Crippen LogP contribution in [-0.2, 0) is 10.0 Å². The normalized spacial score (nSPS) is 18.2. The number of sulfonamides is 1. The summed E-state index contributed by atoms with van der Waals surface area (Å²) in [4.78, 5) is 30.1. The number of carbonyl (C=O) groups is 1. The topological polar surface area (TPSA) is 120 Å². The van der Waals surface area contributed by atoms with E-state index in [-0.39, 0.29) is 18.3 Å². The highest BCUT2D eigenvalue weighted by Gasteiger charge is 2.32. The Bertz CT molecular complexity index is 1290. The summed E-state index contributed by atoms with van der Waals surface area (Å²) < 4.78 is 32.9. The number of amidine groups is 1. The molecule has 0 spiro atoms. The first-order valence-electron chi connectivity index (χ1n) is 12.0. The molecule has 1 fully saturated rings. The molecule has 0 radical (unpaired) electrons. The zero-order valence-electron chi connectivity index (χ0n) is 20.1. The van der Waals surface area contributed by atoms with Crippen LogP contribution in [0.2, 0.25) is 0 Å². The van der Waals surface area contributed by atoms with Gasteiger partial charge in [0.15, 0.2) is 0 Å². The Balaban J connectivity index is 1.28. The molecule has 5 rings (SSSR count). The molecular formula is C24H29N7O4S. The molecule has 1 aromatic heterocycles. The summed E-state index contributed by atoms with van der Waals surface area (Å²) in [6.45, 7) is 3.95. The van der Waals surface area contributed by atoms with E-state index < -0.39 is 10.0 Å². The lowest BCUT2D eigenvalue weighted by Crippen LogP contribution is -2.47. The molecule has 11 nitrogen and oxygen atoms in total. The molecule has 1 saturated heterocycles. The number of pyridine rings is 1. The van der Waals surface area contributed by atoms with Gasteiger partial charge in [0.05, 0.1) is 24.5 Å². The van der Waals surface area contributed by atoms with Crippen LogP contribution in [0.3, 0.4) is 0 Å². The van der Waals surface area contributed by atoms with Crippen molar-refractivity contribution in [2.45, 2.75) is 6.42 Å². The summed E-state index contributed by atoms with van der Waals surface area (Å²) in [5, 5.41) is 2.87. The van der Waals surface area contributed by atoms with Gasteiger partial charge in [-0.05, 0) is 37.7 Å². The molecule has 4 heterocycles. The van der Waals surface area contributed by atoms with E-state index in [1.54, 1.807) is 28.7 Å². The number of aromatic nitrogens is 1. The van der Waals surface area contributed by atoms with E-state index in [9.17, 15) is 13.2 Å². The van der Waals surface area contributed by atoms with Gasteiger partial charge in [-0.3, -0.25) is 25.0 Å². The minimum absolute atomic E-state index is 0.0297. The van der Waals surface area contributed by atoms with Gasteiger partial charge in [-0.25, -0.2) is 13.4 Å². The third-order valence-corrected chi connectivity index (χ3v) is 8.32. The van der Waals surface area contributed by atoms with Gasteiger partial charge >= 0.3 is 0 Å². The summed E-state index contributed by atoms with van der Waals surface area (Å²) in [5.74, 6) is 1.34. The molecule has 0 unspecified atom stereocenters. The number of hydrogen-bond donors (Lipinski definition) is 1. The standard InChI is InChI=1S/C24H29N7O4S/c1-29-11-13-30(14-12-29)36(33,34)16-4-15-35-20-7-2-6-19-21(20)27-24(31-10-9-26-22(19)31)28-23(32)18-5-3-8-25-17-18/h2-3,5-8,17H,4,9-16H2,1H3,(H,27,28,32). The van der Waals surface area contributed by atoms with Crippen LogP contribution in [0.15, 0.2) is 52.7 Å². The first-order chi connectivity index (χ1) is 17.4. The van der Waals surface area contributed by atoms with Crippen LogP contribution in [-0.4, -0.2) is 104 Å². The number of aliphatic imine (C=N–C) groups is 2. The lowest BCUT2D eigenvalue weighted by molar-refractivity contribution is 0.0973. The smallest absolute Gasteiger partial charge is 0.259 e. The van der Waals surface area contributed by atoms with E-state index in [2.05, 4.69) is 20.2 Å². The van der Waals surface area contributed by atoms with E-state index >= 15 is 0 Å². The summed E-state index contributed by atoms with van der Waals surface area (Å²) in [5.41, 5.74) is 1.81. The molecule has 1 N–H and O–H groups in total. The monoisotopic (exact) mass is 511 g/mol. The van der Waals surface area contributed by atoms with Gasteiger partial charge in [0.2, 0.25) is 16.0 Å². The molecule has 0 aliphatic carbocycles. The van der Waals surface area contributed by atoms with Gasteiger partial charge in [0.1, 0.15) is 17.3 Å². The van der Waals surface area contributed by atoms with Crippen LogP contribution in [0.4, 0.5) is 5.69 Å². The number of carbonyl (C=O) groups excluding carboxylic acids is 1. The SMILES string of the molecule is CN1CCN(S(=O)(=O)CCCOc2cccc3c2N=C(NC(=O)c2cccnc2)N2CCN=C32)CC1. The molecule has 2 aromatic rings. The van der Waals surface area contributed by atoms with E-state index in [1.165, 1.54) is 6.20 Å². The fraction of sp³-hybridized carbons (Fsp3) is 0.417. The Morgan fingerprint density at radius 3 is 2.72 bits per heavy atom. The maximum Gasteiger partial charge on any atom is 0.259 e. The Morgan fingerprint density at radius 2 is 1.94 bits per heavy atom. The second kappa shape index (κ2) is 10.3. The molecule has 0 saturated carbocycles. The van der Waals surface area contributed by atoms with Crippen molar-refractivity contribution in [3.05, 3.63) is 53.9 Å². The molecule has 3 aliphatic heterocycles. The molecular weight excluding hydrogens is 482 g/mol. The van der Waals surface area contributed by atoms with E-state index in [4.69, 9.17) is 9.73 Å². The number of guanidine groups is 1. The van der Waals surface area contributed by atoms with Crippen LogP contribution in [0, 0.1) is 0 Å². The van der Waals surface area contributed by atoms with Gasteiger partial charge in [-0.1, -0.05) is 6.07 Å². The minimum atomic E-state index is -3.32. The maximum atomic E-state index is 12.8. The highest BCUT2D eigenvalue weighted by atomic mass is 32.2. The highest BCUT2D eigenvalue weighted by molar-refractivity contribution is 7.89. The molecule has 3 aliphatic rings. The predicted octanol–water partition coefficient (Wildman–Crippen LogP) is 0.921. The van der Waals surface area contributed by atoms with Crippen molar-refractivity contribution < 1.29 is 17.9 Å². The minimum Gasteiger partial charge on any atom is -0.491 e. The zero-order chi connectivity index (χ0) is 25.1. The van der Waals surface area contributed by atoms with Gasteiger partial charge < -0.3 is 9.64 Å². The third-order valence-electron chi connectivity index (χ3n) is 6.36. The Kier molecular flexibility index (Phi) is 6.99. The first kappa shape index (κ1) is 24.3. The van der Waals surface area contributed by atoms with Crippen LogP contribution in [0.5, 0.6) is 5.75 Å². The zero-order valence-corrected chi connectivity index (χ0v) is 20.9. The Morgan fingerprint density at radius 1 is 1.11 bits per heavy atom. The van der Waals surface area contributed by atoms with Gasteiger partial charge in [-0.15, -0.1) is 0 Å². The molecule has 36 heavy (non-hydrogen) atoms. The van der Waals surface area contributed by atoms with Crippen molar-refractivity contribution in [3.8, 4) is 5.75 Å². The Hall–Kier alpha value is -3.35. The van der Waals surface area contributed by atoms with Crippen molar-refractivity contribution in [3.63, 3.8) is 0 Å². The van der Waals surface area contributed by atoms with Crippen LogP contribution in [0.1, 0.15) is 22.3 Å². The van der Waals surface area contributed by atoms with E-state index in [0.29, 0.717) is 55.6 Å². The number of nitrogens with one attached hydrogen (secondary N) is 1. The molecule has 1 aromatic carbocycles. The lowest BCUT2D eigenvalue weighted by atomic mass is 10.1. The number of likely N-dealkylation sites (N-methyl/N-ethyl adjacent to an activating group) is 1. The second-order valence-corrected chi connectivity index (χ2v) is 10.9. The molecule has 1 amide bonds. The number of para-hydroxylation sites is 1. The summed E-state index contributed by atoms with van der Waals surface area (Å²) in [6.07, 6.45) is 3.46. The molecule has 190 valence electrons. The molecule has 0 atom stereocenters. The highest BCUT2D eigenvalue weighted by Crippen LogP contribution is 2.36. The largest absolute Gasteiger partial charge is 0.491 e. The van der Waals surface area contributed by atoms with Crippen molar-refractivity contribution in [2.75, 3.05) is 58.7 Å². The molecule has 12 heteroatoms. The van der Waals surface area contributed by atoms with Crippen LogP contribution in [0.25, 0.3) is 0 Å². The van der Waals surface area contributed by atoms with Gasteiger partial charge in [0, 0.05) is 50.7 Å². The quantitative estimate of drug-likeness (QED) is 0.549. The number of hydrogen-bond acceptors (Lipinski definition) is 9. The van der Waals surface area contributed by atoms with Crippen molar-refractivity contribution in [1.29, 1.82) is 0 Å². The summed E-state index contributed by atoms with van der Waals surface area (Å²) in [6, 6.07) is 8.96. The number of rotatable bonds is 7. The van der Waals surface area contributed by atoms with Crippen molar-refractivity contribution in [2.24, 2.45) is 9.98 Å². The number of amides is 1. The number of nitrogens with zero attached hydrogens (tertiary/aromatic N) is 6. The average Bonchev–Trinajstić information content (AvgIpc) is 3.38. The van der Waals surface area contributed by atoms with E-state index in [0.717, 1.165) is 24.5 Å². The van der Waals surface area contributed by atoms with Crippen molar-refractivity contribution in [1.82, 2.24) is 24.4 Å². The second-order valence-electron chi connectivity index (χ2n) is 8.86. The number of piperazine rings is 1. The number of fused-ring (bicyclic) bond motifs is 3. The van der Waals surface area contributed by atoms with E-state index in [1.807, 2.05) is 24.1 Å². The summed E-state index contributed by atoms with van der Waals surface area (Å²) >= 11 is 0. The lowest BCUT2D eigenvalue weighted by Gasteiger charge is -2.31. The van der Waals surface area contributed by atoms with Crippen LogP contribution < -0.4 is 10.1 Å². The van der Waals surface area contributed by atoms with Gasteiger partial charge in [-0.2, -0.15) is 4.31 Å². The average molecular weight is 512 g/mol. The third kappa shape index (κ3) is 5.11. The number of benzene rings is 1. The maximum absolute atomic E-state index is 12.8. The van der Waals surface area contributed by atoms with Crippen LogP contribution >= 0.6 is 0 Å². The number of ether oxygens (including phenoxy) is 1. The summed E-state index contributed by atoms with van der Waals surface area (Å²) in [7, 11) is -1.33. The van der Waals surface area contributed by atoms with Gasteiger partial charge in [0.25, 0.3) is 5.91 Å².